The highest BCUT2D eigenvalue weighted by Gasteiger charge is 2.04. The normalized spacial score (nSPS) is 10.4. The zero-order valence-electron chi connectivity index (χ0n) is 13.6. The van der Waals surface area contributed by atoms with Crippen molar-refractivity contribution < 1.29 is 14.3 Å². The second-order valence-electron chi connectivity index (χ2n) is 5.42. The standard InChI is InChI=1S/C20H18BrNO3/c21-16-8-10-17(11-9-16)25-14-20(23)22-12-13-24-19-7-3-5-15-4-1-2-6-18(15)19/h1-11H,12-14H2,(H,22,23). The molecule has 0 aliphatic heterocycles. The van der Waals surface area contributed by atoms with Crippen molar-refractivity contribution in [3.05, 3.63) is 71.2 Å². The molecule has 0 radical (unpaired) electrons. The van der Waals surface area contributed by atoms with E-state index in [-0.39, 0.29) is 12.5 Å². The van der Waals surface area contributed by atoms with Crippen molar-refractivity contribution in [1.82, 2.24) is 5.32 Å². The SMILES string of the molecule is O=C(COc1ccc(Br)cc1)NCCOc1cccc2ccccc12. The number of benzene rings is 3. The smallest absolute Gasteiger partial charge is 0.258 e. The Morgan fingerprint density at radius 3 is 2.52 bits per heavy atom. The predicted octanol–water partition coefficient (Wildman–Crippen LogP) is 4.18. The van der Waals surface area contributed by atoms with E-state index in [0.29, 0.717) is 18.9 Å². The van der Waals surface area contributed by atoms with Gasteiger partial charge in [-0.05, 0) is 35.7 Å². The van der Waals surface area contributed by atoms with Gasteiger partial charge in [0.25, 0.3) is 5.91 Å². The molecule has 0 bridgehead atoms. The molecule has 3 aromatic carbocycles. The maximum Gasteiger partial charge on any atom is 0.258 e. The molecule has 1 N–H and O–H groups in total. The molecule has 1 amide bonds. The van der Waals surface area contributed by atoms with Gasteiger partial charge in [-0.2, -0.15) is 0 Å². The first-order chi connectivity index (χ1) is 12.2. The van der Waals surface area contributed by atoms with Gasteiger partial charge in [-0.1, -0.05) is 52.3 Å². The number of halogens is 1. The molecule has 0 atom stereocenters. The molecule has 0 aliphatic rings. The maximum absolute atomic E-state index is 11.8. The molecular weight excluding hydrogens is 382 g/mol. The van der Waals surface area contributed by atoms with E-state index in [4.69, 9.17) is 9.47 Å². The number of nitrogens with one attached hydrogen (secondary N) is 1. The van der Waals surface area contributed by atoms with Crippen molar-refractivity contribution in [2.24, 2.45) is 0 Å². The van der Waals surface area contributed by atoms with Crippen LogP contribution in [0.3, 0.4) is 0 Å². The second-order valence-corrected chi connectivity index (χ2v) is 6.33. The van der Waals surface area contributed by atoms with E-state index in [1.165, 1.54) is 0 Å². The molecule has 5 heteroatoms. The van der Waals surface area contributed by atoms with Crippen LogP contribution in [-0.4, -0.2) is 25.7 Å². The Labute approximate surface area is 154 Å². The molecular formula is C20H18BrNO3. The zero-order valence-corrected chi connectivity index (χ0v) is 15.2. The summed E-state index contributed by atoms with van der Waals surface area (Å²) < 4.78 is 12.2. The van der Waals surface area contributed by atoms with Crippen LogP contribution in [0.2, 0.25) is 0 Å². The summed E-state index contributed by atoms with van der Waals surface area (Å²) in [7, 11) is 0. The van der Waals surface area contributed by atoms with Crippen LogP contribution in [0.4, 0.5) is 0 Å². The lowest BCUT2D eigenvalue weighted by atomic mass is 10.1. The van der Waals surface area contributed by atoms with Crippen molar-refractivity contribution in [1.29, 1.82) is 0 Å². The summed E-state index contributed by atoms with van der Waals surface area (Å²) in [4.78, 5) is 11.8. The van der Waals surface area contributed by atoms with Crippen molar-refractivity contribution in [3.8, 4) is 11.5 Å². The third kappa shape index (κ3) is 4.97. The first kappa shape index (κ1) is 17.3. The average molecular weight is 400 g/mol. The van der Waals surface area contributed by atoms with Crippen LogP contribution >= 0.6 is 15.9 Å². The van der Waals surface area contributed by atoms with Crippen LogP contribution in [0.5, 0.6) is 11.5 Å². The van der Waals surface area contributed by atoms with Crippen LogP contribution < -0.4 is 14.8 Å². The quantitative estimate of drug-likeness (QED) is 0.606. The summed E-state index contributed by atoms with van der Waals surface area (Å²) in [6.07, 6.45) is 0. The summed E-state index contributed by atoms with van der Waals surface area (Å²) in [5.41, 5.74) is 0. The van der Waals surface area contributed by atoms with Crippen molar-refractivity contribution in [2.75, 3.05) is 19.8 Å². The van der Waals surface area contributed by atoms with E-state index in [0.717, 1.165) is 21.0 Å². The molecule has 0 saturated carbocycles. The molecule has 25 heavy (non-hydrogen) atoms. The molecule has 0 saturated heterocycles. The largest absolute Gasteiger partial charge is 0.491 e. The van der Waals surface area contributed by atoms with Gasteiger partial charge in [-0.3, -0.25) is 4.79 Å². The van der Waals surface area contributed by atoms with E-state index in [1.54, 1.807) is 12.1 Å². The molecule has 3 rings (SSSR count). The highest BCUT2D eigenvalue weighted by Crippen LogP contribution is 2.24. The van der Waals surface area contributed by atoms with Gasteiger partial charge in [-0.15, -0.1) is 0 Å². The van der Waals surface area contributed by atoms with Gasteiger partial charge in [0, 0.05) is 9.86 Å². The summed E-state index contributed by atoms with van der Waals surface area (Å²) in [5.74, 6) is 1.30. The number of amides is 1. The van der Waals surface area contributed by atoms with E-state index >= 15 is 0 Å². The maximum atomic E-state index is 11.8. The van der Waals surface area contributed by atoms with E-state index in [9.17, 15) is 4.79 Å². The van der Waals surface area contributed by atoms with Gasteiger partial charge in [0.05, 0.1) is 6.54 Å². The Kier molecular flexibility index (Phi) is 5.90. The van der Waals surface area contributed by atoms with Crippen molar-refractivity contribution >= 4 is 32.6 Å². The molecule has 0 unspecified atom stereocenters. The Balaban J connectivity index is 1.42. The van der Waals surface area contributed by atoms with Gasteiger partial charge in [0.1, 0.15) is 18.1 Å². The van der Waals surface area contributed by atoms with Gasteiger partial charge < -0.3 is 14.8 Å². The Morgan fingerprint density at radius 2 is 1.68 bits per heavy atom. The summed E-state index contributed by atoms with van der Waals surface area (Å²) in [6, 6.07) is 21.3. The number of ether oxygens (including phenoxy) is 2. The topological polar surface area (TPSA) is 47.6 Å². The van der Waals surface area contributed by atoms with Crippen LogP contribution in [0.1, 0.15) is 0 Å². The summed E-state index contributed by atoms with van der Waals surface area (Å²) in [5, 5.41) is 4.98. The lowest BCUT2D eigenvalue weighted by Gasteiger charge is -2.10. The van der Waals surface area contributed by atoms with E-state index < -0.39 is 0 Å². The highest BCUT2D eigenvalue weighted by molar-refractivity contribution is 9.10. The minimum Gasteiger partial charge on any atom is -0.491 e. The number of carbonyl (C=O) groups excluding carboxylic acids is 1. The lowest BCUT2D eigenvalue weighted by molar-refractivity contribution is -0.123. The van der Waals surface area contributed by atoms with E-state index in [1.807, 2.05) is 54.6 Å². The fourth-order valence-electron chi connectivity index (χ4n) is 2.40. The summed E-state index contributed by atoms with van der Waals surface area (Å²) in [6.45, 7) is 0.805. The summed E-state index contributed by atoms with van der Waals surface area (Å²) >= 11 is 3.35. The lowest BCUT2D eigenvalue weighted by Crippen LogP contribution is -2.32. The first-order valence-corrected chi connectivity index (χ1v) is 8.77. The monoisotopic (exact) mass is 399 g/mol. The minimum atomic E-state index is -0.176. The molecule has 128 valence electrons. The van der Waals surface area contributed by atoms with Crippen LogP contribution in [-0.2, 0) is 4.79 Å². The van der Waals surface area contributed by atoms with Gasteiger partial charge in [0.2, 0.25) is 0 Å². The van der Waals surface area contributed by atoms with Gasteiger partial charge in [0.15, 0.2) is 6.61 Å². The van der Waals surface area contributed by atoms with Crippen molar-refractivity contribution in [3.63, 3.8) is 0 Å². The third-order valence-electron chi connectivity index (χ3n) is 3.61. The third-order valence-corrected chi connectivity index (χ3v) is 4.14. The molecule has 0 spiro atoms. The van der Waals surface area contributed by atoms with Crippen LogP contribution in [0, 0.1) is 0 Å². The molecule has 3 aromatic rings. The molecule has 0 aromatic heterocycles. The average Bonchev–Trinajstić information content (AvgIpc) is 2.65. The van der Waals surface area contributed by atoms with Gasteiger partial charge in [-0.25, -0.2) is 0 Å². The van der Waals surface area contributed by atoms with Crippen LogP contribution in [0.15, 0.2) is 71.2 Å². The second kappa shape index (κ2) is 8.53. The molecule has 0 aliphatic carbocycles. The van der Waals surface area contributed by atoms with Gasteiger partial charge >= 0.3 is 0 Å². The minimum absolute atomic E-state index is 0.0180. The Hall–Kier alpha value is -2.53. The fraction of sp³-hybridized carbons (Fsp3) is 0.150. The molecule has 0 heterocycles. The molecule has 0 fully saturated rings. The Bertz CT molecular complexity index is 844. The predicted molar refractivity (Wildman–Crippen MR) is 102 cm³/mol. The Morgan fingerprint density at radius 1 is 0.920 bits per heavy atom. The van der Waals surface area contributed by atoms with Crippen LogP contribution in [0.25, 0.3) is 10.8 Å². The van der Waals surface area contributed by atoms with Crippen molar-refractivity contribution in [2.45, 2.75) is 0 Å². The zero-order chi connectivity index (χ0) is 17.5. The molecule has 4 nitrogen and oxygen atoms in total. The number of hydrogen-bond acceptors (Lipinski definition) is 3. The number of rotatable bonds is 7. The fourth-order valence-corrected chi connectivity index (χ4v) is 2.67. The number of carbonyl (C=O) groups is 1. The number of hydrogen-bond donors (Lipinski definition) is 1. The van der Waals surface area contributed by atoms with E-state index in [2.05, 4.69) is 21.2 Å². The first-order valence-electron chi connectivity index (χ1n) is 7.98. The highest BCUT2D eigenvalue weighted by atomic mass is 79.9. The number of fused-ring (bicyclic) bond motifs is 1.